The van der Waals surface area contributed by atoms with Crippen LogP contribution in [-0.4, -0.2) is 13.3 Å². The van der Waals surface area contributed by atoms with Crippen molar-refractivity contribution in [1.82, 2.24) is 0 Å². The summed E-state index contributed by atoms with van der Waals surface area (Å²) in [6.07, 6.45) is 5.15. The minimum atomic E-state index is -3.34. The Morgan fingerprint density at radius 2 is 1.04 bits per heavy atom. The molecule has 4 rings (SSSR count). The molecule has 0 saturated heterocycles. The standard InChI is InChI=1S/C19H16GeO3/c1-15-8-10-16(11-9-15)20(17-5-2-12-21-17,18-6-3-13-22-18)19-7-4-14-23-19/h2-14H,1H3. The molecule has 4 aromatic rings. The molecule has 23 heavy (non-hydrogen) atoms. The van der Waals surface area contributed by atoms with Gasteiger partial charge >= 0.3 is 137 Å². The van der Waals surface area contributed by atoms with Crippen molar-refractivity contribution in [1.29, 1.82) is 0 Å². The van der Waals surface area contributed by atoms with Gasteiger partial charge in [0, 0.05) is 0 Å². The molecule has 3 nitrogen and oxygen atoms in total. The first-order valence-corrected chi connectivity index (χ1v) is 11.7. The Morgan fingerprint density at radius 3 is 1.39 bits per heavy atom. The monoisotopic (exact) mass is 366 g/mol. The Kier molecular flexibility index (Phi) is 3.50. The molecule has 3 aromatic heterocycles. The number of furan rings is 3. The molecule has 0 amide bonds. The van der Waals surface area contributed by atoms with E-state index in [0.717, 1.165) is 13.8 Å². The first-order chi connectivity index (χ1) is 11.3. The summed E-state index contributed by atoms with van der Waals surface area (Å²) in [4.78, 5) is 0. The van der Waals surface area contributed by atoms with E-state index in [1.54, 1.807) is 18.8 Å². The van der Waals surface area contributed by atoms with E-state index in [9.17, 15) is 0 Å². The van der Waals surface area contributed by atoms with Crippen molar-refractivity contribution in [2.24, 2.45) is 0 Å². The summed E-state index contributed by atoms with van der Waals surface area (Å²) in [6.45, 7) is 2.09. The average molecular weight is 365 g/mol. The third-order valence-corrected chi connectivity index (χ3v) is 13.1. The van der Waals surface area contributed by atoms with Gasteiger partial charge in [-0.1, -0.05) is 0 Å². The van der Waals surface area contributed by atoms with E-state index in [0.29, 0.717) is 0 Å². The van der Waals surface area contributed by atoms with Crippen molar-refractivity contribution >= 4 is 31.4 Å². The SMILES string of the molecule is Cc1cc[c]([Ge]([c]2ccco2)([c]2ccco2)[c]2ccco2)cc1. The van der Waals surface area contributed by atoms with Crippen LogP contribution in [0.4, 0.5) is 0 Å². The molecule has 0 spiro atoms. The van der Waals surface area contributed by atoms with Crippen molar-refractivity contribution in [2.45, 2.75) is 6.92 Å². The zero-order valence-electron chi connectivity index (χ0n) is 12.7. The fourth-order valence-corrected chi connectivity index (χ4v) is 11.5. The first kappa shape index (κ1) is 14.2. The number of rotatable bonds is 4. The zero-order valence-corrected chi connectivity index (χ0v) is 14.8. The van der Waals surface area contributed by atoms with Crippen LogP contribution in [0.1, 0.15) is 5.56 Å². The Balaban J connectivity index is 2.08. The molecule has 0 aliphatic heterocycles. The number of benzene rings is 1. The molecule has 0 unspecified atom stereocenters. The van der Waals surface area contributed by atoms with Crippen LogP contribution in [0.5, 0.6) is 0 Å². The van der Waals surface area contributed by atoms with Crippen LogP contribution in [0.25, 0.3) is 0 Å². The molecule has 0 bridgehead atoms. The fraction of sp³-hybridized carbons (Fsp3) is 0.0526. The van der Waals surface area contributed by atoms with Crippen LogP contribution in [-0.2, 0) is 0 Å². The molecule has 0 fully saturated rings. The van der Waals surface area contributed by atoms with E-state index in [-0.39, 0.29) is 0 Å². The first-order valence-electron chi connectivity index (χ1n) is 7.51. The van der Waals surface area contributed by atoms with Crippen molar-refractivity contribution in [3.05, 3.63) is 85.0 Å². The number of hydrogen-bond acceptors (Lipinski definition) is 3. The van der Waals surface area contributed by atoms with Crippen molar-refractivity contribution < 1.29 is 13.3 Å². The van der Waals surface area contributed by atoms with E-state index < -0.39 is 13.3 Å². The normalized spacial score (nSPS) is 11.7. The Bertz CT molecular complexity index is 773. The van der Waals surface area contributed by atoms with Crippen LogP contribution in [0.15, 0.2) is 92.7 Å². The summed E-state index contributed by atoms with van der Waals surface area (Å²) in [5, 5.41) is 0. The molecular formula is C19H16GeO3. The Labute approximate surface area is 136 Å². The van der Waals surface area contributed by atoms with Gasteiger partial charge in [0.1, 0.15) is 0 Å². The van der Waals surface area contributed by atoms with Crippen molar-refractivity contribution in [2.75, 3.05) is 0 Å². The zero-order chi connectivity index (χ0) is 15.7. The topological polar surface area (TPSA) is 39.4 Å². The fourth-order valence-electron chi connectivity index (χ4n) is 3.07. The summed E-state index contributed by atoms with van der Waals surface area (Å²) in [7, 11) is 0. The van der Waals surface area contributed by atoms with E-state index >= 15 is 0 Å². The maximum atomic E-state index is 5.89. The third kappa shape index (κ3) is 2.20. The molecule has 4 heteroatoms. The van der Waals surface area contributed by atoms with Crippen molar-refractivity contribution in [3.63, 3.8) is 0 Å². The van der Waals surface area contributed by atoms with Gasteiger partial charge in [-0.2, -0.15) is 0 Å². The molecular weight excluding hydrogens is 349 g/mol. The van der Waals surface area contributed by atoms with E-state index in [1.165, 1.54) is 9.96 Å². The van der Waals surface area contributed by atoms with Crippen LogP contribution in [0, 0.1) is 6.92 Å². The summed E-state index contributed by atoms with van der Waals surface area (Å²) in [5.41, 5.74) is 1.23. The second-order valence-electron chi connectivity index (χ2n) is 5.55. The van der Waals surface area contributed by atoms with Gasteiger partial charge in [-0.3, -0.25) is 0 Å². The molecule has 0 saturated carbocycles. The summed E-state index contributed by atoms with van der Waals surface area (Å²) in [5.74, 6) is 0. The summed E-state index contributed by atoms with van der Waals surface area (Å²) >= 11 is -3.34. The molecule has 1 aromatic carbocycles. The van der Waals surface area contributed by atoms with Crippen LogP contribution in [0.3, 0.4) is 0 Å². The van der Waals surface area contributed by atoms with Gasteiger partial charge in [0.15, 0.2) is 0 Å². The molecule has 0 atom stereocenters. The van der Waals surface area contributed by atoms with Crippen LogP contribution in [0.2, 0.25) is 0 Å². The molecule has 0 aliphatic carbocycles. The summed E-state index contributed by atoms with van der Waals surface area (Å²) in [6, 6.07) is 20.5. The summed E-state index contributed by atoms with van der Waals surface area (Å²) < 4.78 is 21.7. The van der Waals surface area contributed by atoms with Gasteiger partial charge in [-0.25, -0.2) is 0 Å². The van der Waals surface area contributed by atoms with Crippen LogP contribution < -0.4 is 18.2 Å². The molecule has 114 valence electrons. The number of aryl methyl sites for hydroxylation is 1. The van der Waals surface area contributed by atoms with E-state index in [4.69, 9.17) is 13.3 Å². The predicted octanol–water partition coefficient (Wildman–Crippen LogP) is 2.15. The van der Waals surface area contributed by atoms with Crippen LogP contribution >= 0.6 is 0 Å². The van der Waals surface area contributed by atoms with E-state index in [2.05, 4.69) is 31.2 Å². The van der Waals surface area contributed by atoms with Gasteiger partial charge in [0.05, 0.1) is 0 Å². The third-order valence-electron chi connectivity index (χ3n) is 4.16. The molecule has 0 radical (unpaired) electrons. The maximum absolute atomic E-state index is 5.89. The Hall–Kier alpha value is -2.40. The van der Waals surface area contributed by atoms with Gasteiger partial charge < -0.3 is 0 Å². The van der Waals surface area contributed by atoms with Crippen molar-refractivity contribution in [3.8, 4) is 0 Å². The van der Waals surface area contributed by atoms with Gasteiger partial charge in [-0.05, 0) is 0 Å². The Morgan fingerprint density at radius 1 is 0.609 bits per heavy atom. The molecule has 0 aliphatic rings. The second kappa shape index (κ2) is 5.67. The quantitative estimate of drug-likeness (QED) is 0.521. The second-order valence-corrected chi connectivity index (χ2v) is 13.0. The van der Waals surface area contributed by atoms with Gasteiger partial charge in [0.2, 0.25) is 0 Å². The number of hydrogen-bond donors (Lipinski definition) is 0. The minimum absolute atomic E-state index is 0.943. The average Bonchev–Trinajstić information content (AvgIpc) is 3.35. The van der Waals surface area contributed by atoms with Gasteiger partial charge in [-0.15, -0.1) is 0 Å². The molecule has 3 heterocycles. The molecule has 0 N–H and O–H groups in total. The van der Waals surface area contributed by atoms with E-state index in [1.807, 2.05) is 36.4 Å². The van der Waals surface area contributed by atoms with Gasteiger partial charge in [0.25, 0.3) is 0 Å². The predicted molar refractivity (Wildman–Crippen MR) is 91.6 cm³/mol.